The SMILES string of the molecule is O=C(NCCC1=CCCCC1)C(=O)NC[C@@H]1COC2(CCCC2)O1. The van der Waals surface area contributed by atoms with Crippen LogP contribution in [0, 0.1) is 0 Å². The normalized spacial score (nSPS) is 25.5. The fourth-order valence-corrected chi connectivity index (χ4v) is 3.73. The van der Waals surface area contributed by atoms with Crippen LogP contribution in [-0.4, -0.2) is 43.4 Å². The van der Waals surface area contributed by atoms with Crippen LogP contribution in [0.3, 0.4) is 0 Å². The van der Waals surface area contributed by atoms with Crippen LogP contribution in [0.15, 0.2) is 11.6 Å². The maximum absolute atomic E-state index is 11.9. The minimum atomic E-state index is -0.594. The number of hydrogen-bond donors (Lipinski definition) is 2. The summed E-state index contributed by atoms with van der Waals surface area (Å²) >= 11 is 0. The number of rotatable bonds is 5. The predicted octanol–water partition coefficient (Wildman–Crippen LogP) is 1.79. The molecule has 1 atom stereocenters. The molecular weight excluding hydrogens is 308 g/mol. The number of hydrogen-bond acceptors (Lipinski definition) is 4. The van der Waals surface area contributed by atoms with Crippen molar-refractivity contribution in [1.82, 2.24) is 10.6 Å². The zero-order valence-corrected chi connectivity index (χ0v) is 14.3. The van der Waals surface area contributed by atoms with Crippen molar-refractivity contribution < 1.29 is 19.1 Å². The number of amides is 2. The number of carbonyl (C=O) groups excluding carboxylic acids is 2. The molecule has 134 valence electrons. The Morgan fingerprint density at radius 1 is 1.12 bits per heavy atom. The Morgan fingerprint density at radius 3 is 2.67 bits per heavy atom. The highest BCUT2D eigenvalue weighted by molar-refractivity contribution is 6.35. The molecule has 3 rings (SSSR count). The third-order valence-electron chi connectivity index (χ3n) is 5.09. The average molecular weight is 336 g/mol. The van der Waals surface area contributed by atoms with Gasteiger partial charge in [-0.1, -0.05) is 11.6 Å². The highest BCUT2D eigenvalue weighted by Crippen LogP contribution is 2.38. The molecule has 1 saturated heterocycles. The molecule has 0 aromatic heterocycles. The predicted molar refractivity (Wildman–Crippen MR) is 89.2 cm³/mol. The summed E-state index contributed by atoms with van der Waals surface area (Å²) in [6, 6.07) is 0. The molecule has 0 unspecified atom stereocenters. The zero-order valence-electron chi connectivity index (χ0n) is 14.3. The Kier molecular flexibility index (Phi) is 5.89. The molecule has 1 heterocycles. The maximum atomic E-state index is 11.9. The first kappa shape index (κ1) is 17.4. The molecule has 1 aliphatic heterocycles. The van der Waals surface area contributed by atoms with Crippen LogP contribution in [0.5, 0.6) is 0 Å². The van der Waals surface area contributed by atoms with Gasteiger partial charge in [0.1, 0.15) is 6.10 Å². The molecule has 6 nitrogen and oxygen atoms in total. The van der Waals surface area contributed by atoms with Crippen molar-refractivity contribution in [3.8, 4) is 0 Å². The molecule has 2 N–H and O–H groups in total. The average Bonchev–Trinajstić information content (AvgIpc) is 3.23. The number of nitrogens with one attached hydrogen (secondary N) is 2. The quantitative estimate of drug-likeness (QED) is 0.593. The highest BCUT2D eigenvalue weighted by atomic mass is 16.7. The first-order valence-corrected chi connectivity index (χ1v) is 9.23. The second-order valence-corrected chi connectivity index (χ2v) is 6.99. The molecule has 0 aromatic carbocycles. The van der Waals surface area contributed by atoms with Gasteiger partial charge in [-0.3, -0.25) is 9.59 Å². The van der Waals surface area contributed by atoms with Crippen molar-refractivity contribution in [2.24, 2.45) is 0 Å². The van der Waals surface area contributed by atoms with Gasteiger partial charge in [-0.2, -0.15) is 0 Å². The van der Waals surface area contributed by atoms with E-state index in [1.54, 1.807) is 0 Å². The molecule has 2 amide bonds. The molecule has 3 aliphatic rings. The van der Waals surface area contributed by atoms with Crippen LogP contribution in [-0.2, 0) is 19.1 Å². The first-order valence-electron chi connectivity index (χ1n) is 9.23. The number of ether oxygens (including phenoxy) is 2. The Bertz CT molecular complexity index is 497. The lowest BCUT2D eigenvalue weighted by molar-refractivity contribution is -0.161. The van der Waals surface area contributed by atoms with E-state index in [1.807, 2.05) is 0 Å². The van der Waals surface area contributed by atoms with E-state index in [1.165, 1.54) is 18.4 Å². The van der Waals surface area contributed by atoms with Crippen molar-refractivity contribution in [2.75, 3.05) is 19.7 Å². The third-order valence-corrected chi connectivity index (χ3v) is 5.09. The van der Waals surface area contributed by atoms with Gasteiger partial charge in [-0.05, 0) is 44.9 Å². The van der Waals surface area contributed by atoms with Gasteiger partial charge in [0.05, 0.1) is 6.61 Å². The minimum absolute atomic E-state index is 0.160. The largest absolute Gasteiger partial charge is 0.348 e. The molecule has 24 heavy (non-hydrogen) atoms. The molecular formula is C18H28N2O4. The molecule has 0 bridgehead atoms. The Morgan fingerprint density at radius 2 is 1.92 bits per heavy atom. The summed E-state index contributed by atoms with van der Waals surface area (Å²) in [5, 5.41) is 5.34. The number of allylic oxidation sites excluding steroid dienone is 1. The summed E-state index contributed by atoms with van der Waals surface area (Å²) in [7, 11) is 0. The molecule has 0 aromatic rings. The Balaban J connectivity index is 1.31. The molecule has 2 fully saturated rings. The minimum Gasteiger partial charge on any atom is -0.348 e. The van der Waals surface area contributed by atoms with Crippen LogP contribution < -0.4 is 10.6 Å². The fraction of sp³-hybridized carbons (Fsp3) is 0.778. The molecule has 1 spiro atoms. The van der Waals surface area contributed by atoms with E-state index in [2.05, 4.69) is 16.7 Å². The maximum Gasteiger partial charge on any atom is 0.309 e. The van der Waals surface area contributed by atoms with Gasteiger partial charge >= 0.3 is 11.8 Å². The monoisotopic (exact) mass is 336 g/mol. The molecule has 0 radical (unpaired) electrons. The summed E-state index contributed by atoms with van der Waals surface area (Å²) in [6.45, 7) is 1.32. The lowest BCUT2D eigenvalue weighted by Gasteiger charge is -2.21. The van der Waals surface area contributed by atoms with Gasteiger partial charge in [-0.15, -0.1) is 0 Å². The zero-order chi connectivity index (χ0) is 16.8. The second-order valence-electron chi connectivity index (χ2n) is 6.99. The smallest absolute Gasteiger partial charge is 0.309 e. The van der Waals surface area contributed by atoms with Gasteiger partial charge in [0, 0.05) is 25.9 Å². The topological polar surface area (TPSA) is 76.7 Å². The Labute approximate surface area is 143 Å². The van der Waals surface area contributed by atoms with Gasteiger partial charge < -0.3 is 20.1 Å². The highest BCUT2D eigenvalue weighted by Gasteiger charge is 2.43. The van der Waals surface area contributed by atoms with E-state index < -0.39 is 17.6 Å². The van der Waals surface area contributed by atoms with E-state index in [9.17, 15) is 9.59 Å². The lowest BCUT2D eigenvalue weighted by atomic mass is 9.97. The third kappa shape index (κ3) is 4.57. The molecule has 1 saturated carbocycles. The summed E-state index contributed by atoms with van der Waals surface area (Å²) in [5.41, 5.74) is 1.39. The fourth-order valence-electron chi connectivity index (χ4n) is 3.73. The van der Waals surface area contributed by atoms with Crippen LogP contribution in [0.2, 0.25) is 0 Å². The lowest BCUT2D eigenvalue weighted by Crippen LogP contribution is -2.43. The first-order chi connectivity index (χ1) is 11.7. The van der Waals surface area contributed by atoms with Crippen LogP contribution >= 0.6 is 0 Å². The van der Waals surface area contributed by atoms with Crippen molar-refractivity contribution in [3.63, 3.8) is 0 Å². The van der Waals surface area contributed by atoms with Gasteiger partial charge in [-0.25, -0.2) is 0 Å². The molecule has 6 heteroatoms. The van der Waals surface area contributed by atoms with E-state index in [4.69, 9.17) is 9.47 Å². The van der Waals surface area contributed by atoms with Gasteiger partial charge in [0.15, 0.2) is 5.79 Å². The second kappa shape index (κ2) is 8.12. The van der Waals surface area contributed by atoms with Crippen molar-refractivity contribution >= 4 is 11.8 Å². The van der Waals surface area contributed by atoms with Gasteiger partial charge in [0.25, 0.3) is 0 Å². The standard InChI is InChI=1S/C18H28N2O4/c21-16(19-11-8-14-6-2-1-3-7-14)17(22)20-12-15-13-23-18(24-15)9-4-5-10-18/h6,15H,1-5,7-13H2,(H,19,21)(H,20,22)/t15-/m1/s1. The van der Waals surface area contributed by atoms with E-state index >= 15 is 0 Å². The van der Waals surface area contributed by atoms with E-state index in [-0.39, 0.29) is 6.10 Å². The van der Waals surface area contributed by atoms with Crippen LogP contribution in [0.1, 0.15) is 57.8 Å². The van der Waals surface area contributed by atoms with Crippen molar-refractivity contribution in [3.05, 3.63) is 11.6 Å². The van der Waals surface area contributed by atoms with Crippen LogP contribution in [0.25, 0.3) is 0 Å². The van der Waals surface area contributed by atoms with Crippen molar-refractivity contribution in [2.45, 2.75) is 69.7 Å². The number of carbonyl (C=O) groups is 2. The van der Waals surface area contributed by atoms with Gasteiger partial charge in [0.2, 0.25) is 0 Å². The molecule has 2 aliphatic carbocycles. The van der Waals surface area contributed by atoms with Crippen molar-refractivity contribution in [1.29, 1.82) is 0 Å². The Hall–Kier alpha value is -1.40. The van der Waals surface area contributed by atoms with E-state index in [0.29, 0.717) is 19.7 Å². The van der Waals surface area contributed by atoms with E-state index in [0.717, 1.165) is 44.9 Å². The van der Waals surface area contributed by atoms with Crippen LogP contribution in [0.4, 0.5) is 0 Å². The summed E-state index contributed by atoms with van der Waals surface area (Å²) in [4.78, 5) is 23.7. The summed E-state index contributed by atoms with van der Waals surface area (Å²) < 4.78 is 11.7. The summed E-state index contributed by atoms with van der Waals surface area (Å²) in [5.74, 6) is -1.59. The summed E-state index contributed by atoms with van der Waals surface area (Å²) in [6.07, 6.45) is 11.8.